The highest BCUT2D eigenvalue weighted by Crippen LogP contribution is 2.27. The first kappa shape index (κ1) is 14.5. The molecule has 17 heavy (non-hydrogen) atoms. The summed E-state index contributed by atoms with van der Waals surface area (Å²) in [6, 6.07) is 0.417. The second kappa shape index (κ2) is 6.39. The lowest BCUT2D eigenvalue weighted by Crippen LogP contribution is -2.36. The van der Waals surface area contributed by atoms with E-state index in [-0.39, 0.29) is 11.3 Å². The molecule has 0 bridgehead atoms. The van der Waals surface area contributed by atoms with Crippen molar-refractivity contribution in [1.82, 2.24) is 5.32 Å². The highest BCUT2D eigenvalue weighted by Gasteiger charge is 2.25. The third-order valence-corrected chi connectivity index (χ3v) is 4.06. The SMILES string of the molecule is CC1CCCC1NC(=O)CCC(C)(C)CCN. The fraction of sp³-hybridized carbons (Fsp3) is 0.929. The molecule has 0 aromatic rings. The maximum Gasteiger partial charge on any atom is 0.220 e. The summed E-state index contributed by atoms with van der Waals surface area (Å²) < 4.78 is 0. The Balaban J connectivity index is 2.25. The number of nitrogens with two attached hydrogens (primary N) is 1. The van der Waals surface area contributed by atoms with E-state index in [1.165, 1.54) is 12.8 Å². The molecule has 3 N–H and O–H groups in total. The van der Waals surface area contributed by atoms with Gasteiger partial charge in [-0.2, -0.15) is 0 Å². The number of hydrogen-bond donors (Lipinski definition) is 2. The molecule has 0 spiro atoms. The number of rotatable bonds is 6. The van der Waals surface area contributed by atoms with E-state index in [4.69, 9.17) is 5.73 Å². The lowest BCUT2D eigenvalue weighted by Gasteiger charge is -2.24. The van der Waals surface area contributed by atoms with Crippen molar-refractivity contribution in [3.05, 3.63) is 0 Å². The molecule has 2 unspecified atom stereocenters. The lowest BCUT2D eigenvalue weighted by atomic mass is 9.84. The largest absolute Gasteiger partial charge is 0.353 e. The van der Waals surface area contributed by atoms with Crippen LogP contribution in [0.3, 0.4) is 0 Å². The average molecular weight is 240 g/mol. The van der Waals surface area contributed by atoms with Gasteiger partial charge in [0.25, 0.3) is 0 Å². The summed E-state index contributed by atoms with van der Waals surface area (Å²) in [5, 5.41) is 3.17. The van der Waals surface area contributed by atoms with Gasteiger partial charge in [0, 0.05) is 12.5 Å². The van der Waals surface area contributed by atoms with Crippen molar-refractivity contribution in [3.63, 3.8) is 0 Å². The van der Waals surface area contributed by atoms with E-state index in [1.54, 1.807) is 0 Å². The third-order valence-electron chi connectivity index (χ3n) is 4.06. The summed E-state index contributed by atoms with van der Waals surface area (Å²) in [6.45, 7) is 7.31. The van der Waals surface area contributed by atoms with Gasteiger partial charge in [-0.25, -0.2) is 0 Å². The summed E-state index contributed by atoms with van der Waals surface area (Å²) in [6.07, 6.45) is 6.21. The van der Waals surface area contributed by atoms with Gasteiger partial charge in [0.2, 0.25) is 5.91 Å². The monoisotopic (exact) mass is 240 g/mol. The van der Waals surface area contributed by atoms with Gasteiger partial charge in [-0.05, 0) is 43.6 Å². The van der Waals surface area contributed by atoms with Crippen molar-refractivity contribution in [2.24, 2.45) is 17.1 Å². The van der Waals surface area contributed by atoms with Gasteiger partial charge in [-0.15, -0.1) is 0 Å². The number of nitrogens with one attached hydrogen (secondary N) is 1. The second-order valence-corrected chi connectivity index (χ2v) is 6.29. The van der Waals surface area contributed by atoms with Crippen LogP contribution in [0.25, 0.3) is 0 Å². The smallest absolute Gasteiger partial charge is 0.220 e. The fourth-order valence-corrected chi connectivity index (χ4v) is 2.61. The third kappa shape index (κ3) is 5.07. The molecular formula is C14H28N2O. The van der Waals surface area contributed by atoms with E-state index in [2.05, 4.69) is 26.1 Å². The Morgan fingerprint density at radius 3 is 2.59 bits per heavy atom. The highest BCUT2D eigenvalue weighted by molar-refractivity contribution is 5.76. The Bertz CT molecular complexity index is 251. The zero-order valence-electron chi connectivity index (χ0n) is 11.6. The minimum atomic E-state index is 0.188. The molecule has 1 fully saturated rings. The van der Waals surface area contributed by atoms with Gasteiger partial charge in [-0.3, -0.25) is 4.79 Å². The standard InChI is InChI=1S/C14H28N2O/c1-11-5-4-6-12(11)16-13(17)7-8-14(2,3)9-10-15/h11-12H,4-10,15H2,1-3H3,(H,16,17). The predicted octanol–water partition coefficient (Wildman–Crippen LogP) is 2.45. The summed E-state index contributed by atoms with van der Waals surface area (Å²) in [4.78, 5) is 11.9. The van der Waals surface area contributed by atoms with Gasteiger partial charge < -0.3 is 11.1 Å². The number of carbonyl (C=O) groups excluding carboxylic acids is 1. The van der Waals surface area contributed by atoms with Crippen LogP contribution in [-0.4, -0.2) is 18.5 Å². The van der Waals surface area contributed by atoms with E-state index in [0.717, 1.165) is 19.3 Å². The number of hydrogen-bond acceptors (Lipinski definition) is 2. The Labute approximate surface area is 106 Å². The van der Waals surface area contributed by atoms with Crippen LogP contribution in [0.15, 0.2) is 0 Å². The zero-order valence-corrected chi connectivity index (χ0v) is 11.6. The van der Waals surface area contributed by atoms with E-state index in [0.29, 0.717) is 24.9 Å². The lowest BCUT2D eigenvalue weighted by molar-refractivity contribution is -0.122. The molecular weight excluding hydrogens is 212 g/mol. The maximum absolute atomic E-state index is 11.9. The van der Waals surface area contributed by atoms with Gasteiger partial charge in [0.1, 0.15) is 0 Å². The predicted molar refractivity (Wildman–Crippen MR) is 71.6 cm³/mol. The summed E-state index contributed by atoms with van der Waals surface area (Å²) in [5.41, 5.74) is 5.76. The minimum absolute atomic E-state index is 0.188. The van der Waals surface area contributed by atoms with E-state index in [9.17, 15) is 4.79 Å². The van der Waals surface area contributed by atoms with E-state index in [1.807, 2.05) is 0 Å². The number of carbonyl (C=O) groups is 1. The molecule has 0 aliphatic heterocycles. The first-order chi connectivity index (χ1) is 7.94. The molecule has 1 aliphatic carbocycles. The second-order valence-electron chi connectivity index (χ2n) is 6.29. The molecule has 3 heteroatoms. The topological polar surface area (TPSA) is 55.1 Å². The summed E-state index contributed by atoms with van der Waals surface area (Å²) in [5.74, 6) is 0.866. The highest BCUT2D eigenvalue weighted by atomic mass is 16.1. The molecule has 2 atom stereocenters. The first-order valence-corrected chi connectivity index (χ1v) is 6.94. The molecule has 1 rings (SSSR count). The van der Waals surface area contributed by atoms with Gasteiger partial charge >= 0.3 is 0 Å². The molecule has 1 aliphatic rings. The van der Waals surface area contributed by atoms with Crippen LogP contribution >= 0.6 is 0 Å². The Kier molecular flexibility index (Phi) is 5.44. The summed E-state index contributed by atoms with van der Waals surface area (Å²) in [7, 11) is 0. The van der Waals surface area contributed by atoms with E-state index < -0.39 is 0 Å². The molecule has 3 nitrogen and oxygen atoms in total. The van der Waals surface area contributed by atoms with Crippen molar-refractivity contribution in [2.75, 3.05) is 6.54 Å². The zero-order chi connectivity index (χ0) is 12.9. The van der Waals surface area contributed by atoms with Gasteiger partial charge in [0.05, 0.1) is 0 Å². The van der Waals surface area contributed by atoms with Crippen molar-refractivity contribution < 1.29 is 4.79 Å². The van der Waals surface area contributed by atoms with Crippen LogP contribution in [0.4, 0.5) is 0 Å². The van der Waals surface area contributed by atoms with Crippen LogP contribution in [0.5, 0.6) is 0 Å². The molecule has 0 aromatic carbocycles. The van der Waals surface area contributed by atoms with Crippen LogP contribution in [0.2, 0.25) is 0 Å². The first-order valence-electron chi connectivity index (χ1n) is 6.94. The van der Waals surface area contributed by atoms with Gasteiger partial charge in [0.15, 0.2) is 0 Å². The Morgan fingerprint density at radius 1 is 1.35 bits per heavy atom. The molecule has 1 saturated carbocycles. The van der Waals surface area contributed by atoms with Crippen molar-refractivity contribution in [1.29, 1.82) is 0 Å². The van der Waals surface area contributed by atoms with Crippen LogP contribution in [-0.2, 0) is 4.79 Å². The van der Waals surface area contributed by atoms with Gasteiger partial charge in [-0.1, -0.05) is 27.2 Å². The minimum Gasteiger partial charge on any atom is -0.353 e. The van der Waals surface area contributed by atoms with E-state index >= 15 is 0 Å². The van der Waals surface area contributed by atoms with Crippen LogP contribution in [0.1, 0.15) is 59.3 Å². The molecule has 0 radical (unpaired) electrons. The molecule has 0 heterocycles. The average Bonchev–Trinajstić information content (AvgIpc) is 2.62. The molecule has 1 amide bonds. The fourth-order valence-electron chi connectivity index (χ4n) is 2.61. The quantitative estimate of drug-likeness (QED) is 0.749. The number of amides is 1. The van der Waals surface area contributed by atoms with Crippen molar-refractivity contribution in [2.45, 2.75) is 65.3 Å². The summed E-state index contributed by atoms with van der Waals surface area (Å²) >= 11 is 0. The van der Waals surface area contributed by atoms with Crippen LogP contribution < -0.4 is 11.1 Å². The molecule has 100 valence electrons. The van der Waals surface area contributed by atoms with Crippen molar-refractivity contribution >= 4 is 5.91 Å². The Morgan fingerprint density at radius 2 is 2.06 bits per heavy atom. The van der Waals surface area contributed by atoms with Crippen molar-refractivity contribution in [3.8, 4) is 0 Å². The van der Waals surface area contributed by atoms with Crippen LogP contribution in [0, 0.1) is 11.3 Å². The normalized spacial score (nSPS) is 24.9. The molecule has 0 saturated heterocycles. The molecule has 0 aromatic heterocycles. The Hall–Kier alpha value is -0.570. The maximum atomic E-state index is 11.9.